The second-order valence-electron chi connectivity index (χ2n) is 7.63. The number of rotatable bonds is 2. The van der Waals surface area contributed by atoms with E-state index in [0.29, 0.717) is 6.54 Å². The number of urea groups is 1. The zero-order chi connectivity index (χ0) is 16.9. The van der Waals surface area contributed by atoms with Crippen molar-refractivity contribution < 1.29 is 14.7 Å². The van der Waals surface area contributed by atoms with Crippen LogP contribution in [0.4, 0.5) is 4.79 Å². The Bertz CT molecular complexity index is 443. The van der Waals surface area contributed by atoms with Gasteiger partial charge in [-0.05, 0) is 57.8 Å². The summed E-state index contributed by atoms with van der Waals surface area (Å²) >= 11 is 0. The average Bonchev–Trinajstić information content (AvgIpc) is 2.64. The van der Waals surface area contributed by atoms with E-state index in [9.17, 15) is 14.7 Å². The van der Waals surface area contributed by atoms with Gasteiger partial charge in [-0.15, -0.1) is 0 Å². The first kappa shape index (κ1) is 17.5. The van der Waals surface area contributed by atoms with Gasteiger partial charge in [0.15, 0.2) is 0 Å². The molecule has 0 aromatic rings. The molecule has 1 atom stereocenters. The summed E-state index contributed by atoms with van der Waals surface area (Å²) in [5.74, 6) is 0.00637. The van der Waals surface area contributed by atoms with Crippen LogP contribution in [0, 0.1) is 5.92 Å². The van der Waals surface area contributed by atoms with Crippen molar-refractivity contribution >= 4 is 11.9 Å². The molecule has 2 N–H and O–H groups in total. The summed E-state index contributed by atoms with van der Waals surface area (Å²) < 4.78 is 0. The van der Waals surface area contributed by atoms with E-state index in [0.717, 1.165) is 71.0 Å². The number of carbonyl (C=O) groups excluding carboxylic acids is 2. The maximum Gasteiger partial charge on any atom is 0.320 e. The molecule has 3 amide bonds. The number of amides is 3. The summed E-state index contributed by atoms with van der Waals surface area (Å²) in [4.78, 5) is 29.0. The van der Waals surface area contributed by atoms with Crippen molar-refractivity contribution in [1.29, 1.82) is 0 Å². The molecular formula is C18H31N3O3. The van der Waals surface area contributed by atoms with Crippen LogP contribution >= 0.6 is 0 Å². The lowest BCUT2D eigenvalue weighted by Gasteiger charge is -2.38. The molecule has 2 heterocycles. The first-order valence-corrected chi connectivity index (χ1v) is 9.66. The number of carbonyl (C=O) groups is 2. The van der Waals surface area contributed by atoms with Crippen LogP contribution in [0.5, 0.6) is 0 Å². The van der Waals surface area contributed by atoms with Gasteiger partial charge in [-0.1, -0.05) is 0 Å². The molecule has 0 aromatic heterocycles. The van der Waals surface area contributed by atoms with Crippen LogP contribution in [0.25, 0.3) is 0 Å². The molecule has 3 rings (SSSR count). The first-order chi connectivity index (χ1) is 11.6. The van der Waals surface area contributed by atoms with Crippen molar-refractivity contribution in [3.8, 4) is 0 Å². The molecule has 0 unspecified atom stereocenters. The molecule has 3 aliphatic rings. The maximum atomic E-state index is 12.6. The van der Waals surface area contributed by atoms with Crippen molar-refractivity contribution in [2.45, 2.75) is 69.9 Å². The lowest BCUT2D eigenvalue weighted by molar-refractivity contribution is -0.127. The Hall–Kier alpha value is -1.30. The minimum absolute atomic E-state index is 0.0839. The van der Waals surface area contributed by atoms with E-state index >= 15 is 0 Å². The van der Waals surface area contributed by atoms with Crippen molar-refractivity contribution in [3.63, 3.8) is 0 Å². The minimum atomic E-state index is -0.203. The van der Waals surface area contributed by atoms with Gasteiger partial charge in [0.2, 0.25) is 5.91 Å². The molecule has 136 valence electrons. The van der Waals surface area contributed by atoms with Crippen LogP contribution in [0.15, 0.2) is 0 Å². The molecule has 3 fully saturated rings. The number of piperidine rings is 2. The van der Waals surface area contributed by atoms with Crippen molar-refractivity contribution in [2.75, 3.05) is 26.2 Å². The highest BCUT2D eigenvalue weighted by atomic mass is 16.3. The third-order valence-electron chi connectivity index (χ3n) is 5.73. The minimum Gasteiger partial charge on any atom is -0.393 e. The van der Waals surface area contributed by atoms with E-state index in [2.05, 4.69) is 5.32 Å². The molecular weight excluding hydrogens is 306 g/mol. The van der Waals surface area contributed by atoms with Gasteiger partial charge in [-0.2, -0.15) is 0 Å². The van der Waals surface area contributed by atoms with Crippen LogP contribution < -0.4 is 5.32 Å². The fourth-order valence-corrected chi connectivity index (χ4v) is 4.19. The lowest BCUT2D eigenvalue weighted by Crippen LogP contribution is -2.52. The van der Waals surface area contributed by atoms with E-state index in [4.69, 9.17) is 0 Å². The smallest absolute Gasteiger partial charge is 0.320 e. The van der Waals surface area contributed by atoms with Crippen LogP contribution in [0.2, 0.25) is 0 Å². The summed E-state index contributed by atoms with van der Waals surface area (Å²) in [6, 6.07) is 0.307. The Balaban J connectivity index is 1.49. The molecule has 24 heavy (non-hydrogen) atoms. The second kappa shape index (κ2) is 8.19. The van der Waals surface area contributed by atoms with E-state index in [1.807, 2.05) is 9.80 Å². The molecule has 2 aliphatic heterocycles. The molecule has 0 aromatic carbocycles. The summed E-state index contributed by atoms with van der Waals surface area (Å²) in [6.07, 6.45) is 8.23. The number of hydrogen-bond donors (Lipinski definition) is 2. The molecule has 6 nitrogen and oxygen atoms in total. The van der Waals surface area contributed by atoms with E-state index in [-0.39, 0.29) is 30.0 Å². The molecule has 1 saturated carbocycles. The maximum absolute atomic E-state index is 12.6. The van der Waals surface area contributed by atoms with Gasteiger partial charge in [0.05, 0.1) is 12.0 Å². The van der Waals surface area contributed by atoms with Gasteiger partial charge in [0.1, 0.15) is 0 Å². The molecule has 0 radical (unpaired) electrons. The van der Waals surface area contributed by atoms with Gasteiger partial charge in [-0.25, -0.2) is 4.79 Å². The summed E-state index contributed by atoms with van der Waals surface area (Å²) in [5, 5.41) is 12.7. The van der Waals surface area contributed by atoms with Crippen LogP contribution in [-0.4, -0.2) is 65.2 Å². The summed E-state index contributed by atoms with van der Waals surface area (Å²) in [5.41, 5.74) is 0. The predicted octanol–water partition coefficient (Wildman–Crippen LogP) is 1.72. The molecule has 2 saturated heterocycles. The molecule has 0 bridgehead atoms. The van der Waals surface area contributed by atoms with Gasteiger partial charge in [0.25, 0.3) is 0 Å². The third-order valence-corrected chi connectivity index (χ3v) is 5.73. The fourth-order valence-electron chi connectivity index (χ4n) is 4.19. The average molecular weight is 337 g/mol. The number of hydrogen-bond acceptors (Lipinski definition) is 3. The monoisotopic (exact) mass is 337 g/mol. The van der Waals surface area contributed by atoms with Crippen molar-refractivity contribution in [2.24, 2.45) is 5.92 Å². The van der Waals surface area contributed by atoms with E-state index in [1.54, 1.807) is 0 Å². The molecule has 6 heteroatoms. The third kappa shape index (κ3) is 4.41. The summed E-state index contributed by atoms with van der Waals surface area (Å²) in [7, 11) is 0. The van der Waals surface area contributed by atoms with Crippen LogP contribution in [0.1, 0.15) is 57.8 Å². The SMILES string of the molecule is O=C(NC1CCC(O)CC1)[C@H]1CCCN(C(=O)N2CCCCC2)C1. The highest BCUT2D eigenvalue weighted by molar-refractivity contribution is 5.81. The summed E-state index contributed by atoms with van der Waals surface area (Å²) in [6.45, 7) is 3.04. The van der Waals surface area contributed by atoms with Gasteiger partial charge >= 0.3 is 6.03 Å². The number of nitrogens with one attached hydrogen (secondary N) is 1. The Morgan fingerprint density at radius 1 is 0.833 bits per heavy atom. The highest BCUT2D eigenvalue weighted by Crippen LogP contribution is 2.22. The molecule has 0 spiro atoms. The normalized spacial score (nSPS) is 31.6. The number of nitrogens with zero attached hydrogens (tertiary/aromatic N) is 2. The van der Waals surface area contributed by atoms with E-state index in [1.165, 1.54) is 6.42 Å². The second-order valence-corrected chi connectivity index (χ2v) is 7.63. The Labute approximate surface area is 144 Å². The zero-order valence-electron chi connectivity index (χ0n) is 14.6. The lowest BCUT2D eigenvalue weighted by atomic mass is 9.91. The quantitative estimate of drug-likeness (QED) is 0.806. The predicted molar refractivity (Wildman–Crippen MR) is 91.5 cm³/mol. The van der Waals surface area contributed by atoms with Crippen molar-refractivity contribution in [1.82, 2.24) is 15.1 Å². The van der Waals surface area contributed by atoms with Crippen molar-refractivity contribution in [3.05, 3.63) is 0 Å². The Morgan fingerprint density at radius 3 is 2.21 bits per heavy atom. The fraction of sp³-hybridized carbons (Fsp3) is 0.889. The number of aliphatic hydroxyl groups is 1. The Morgan fingerprint density at radius 2 is 1.50 bits per heavy atom. The highest BCUT2D eigenvalue weighted by Gasteiger charge is 2.32. The largest absolute Gasteiger partial charge is 0.393 e. The topological polar surface area (TPSA) is 72.9 Å². The Kier molecular flexibility index (Phi) is 5.98. The number of aliphatic hydroxyl groups excluding tert-OH is 1. The standard InChI is InChI=1S/C18H31N3O3/c22-16-8-6-15(7-9-16)19-17(23)14-5-4-12-21(13-14)18(24)20-10-2-1-3-11-20/h14-16,22H,1-13H2,(H,19,23)/t14-,15?,16?/m0/s1. The molecule has 1 aliphatic carbocycles. The first-order valence-electron chi connectivity index (χ1n) is 9.66. The number of likely N-dealkylation sites (tertiary alicyclic amines) is 2. The van der Waals surface area contributed by atoms with Gasteiger partial charge in [-0.3, -0.25) is 4.79 Å². The van der Waals surface area contributed by atoms with Gasteiger partial charge < -0.3 is 20.2 Å². The zero-order valence-corrected chi connectivity index (χ0v) is 14.6. The van der Waals surface area contributed by atoms with Crippen LogP contribution in [0.3, 0.4) is 0 Å². The van der Waals surface area contributed by atoms with E-state index < -0.39 is 0 Å². The van der Waals surface area contributed by atoms with Gasteiger partial charge in [0, 0.05) is 32.2 Å². The van der Waals surface area contributed by atoms with Crippen LogP contribution in [-0.2, 0) is 4.79 Å².